The molecule has 0 heterocycles. The zero-order valence-electron chi connectivity index (χ0n) is 16.3. The summed E-state index contributed by atoms with van der Waals surface area (Å²) in [6.07, 6.45) is 14.8. The van der Waals surface area contributed by atoms with Gasteiger partial charge in [-0.3, -0.25) is 4.79 Å². The molecule has 1 aromatic carbocycles. The molecule has 0 fully saturated rings. The van der Waals surface area contributed by atoms with Gasteiger partial charge in [-0.1, -0.05) is 76.8 Å². The molecule has 0 aliphatic carbocycles. The fourth-order valence-electron chi connectivity index (χ4n) is 2.69. The monoisotopic (exact) mass is 437 g/mol. The Bertz CT molecular complexity index is 587. The number of hydrogen-bond acceptors (Lipinski definition) is 3. The van der Waals surface area contributed by atoms with Gasteiger partial charge in [-0.2, -0.15) is 0 Å². The summed E-state index contributed by atoms with van der Waals surface area (Å²) in [6.45, 7) is 2.65. The Kier molecular flexibility index (Phi) is 13.4. The molecule has 0 bridgehead atoms. The van der Waals surface area contributed by atoms with Gasteiger partial charge in [0, 0.05) is 16.6 Å². The zero-order valence-corrected chi connectivity index (χ0v) is 17.9. The van der Waals surface area contributed by atoms with E-state index in [0.717, 1.165) is 17.3 Å². The predicted octanol–water partition coefficient (Wildman–Crippen LogP) is 6.41. The minimum absolute atomic E-state index is 0.363. The highest BCUT2D eigenvalue weighted by Gasteiger charge is 2.03. The normalized spacial score (nSPS) is 10.9. The van der Waals surface area contributed by atoms with Crippen LogP contribution in [0.25, 0.3) is 0 Å². The second-order valence-electron chi connectivity index (χ2n) is 6.65. The lowest BCUT2D eigenvalue weighted by atomic mass is 10.1. The van der Waals surface area contributed by atoms with Gasteiger partial charge < -0.3 is 10.1 Å². The average molecular weight is 438 g/mol. The van der Waals surface area contributed by atoms with Crippen molar-refractivity contribution in [1.82, 2.24) is 0 Å². The summed E-state index contributed by atoms with van der Waals surface area (Å²) in [4.78, 5) is 23.4. The van der Waals surface area contributed by atoms with Crippen LogP contribution in [-0.4, -0.2) is 18.5 Å². The standard InChI is InChI=1S/C22H32BrNO3/c1-2-3-4-5-6-7-8-9-10-13-18-27-22(26)17-16-21(25)24-20-15-12-11-14-19(20)23/h11-12,14-17H,2-10,13,18H2,1H3,(H,24,25)/b17-16+. The van der Waals surface area contributed by atoms with E-state index < -0.39 is 5.97 Å². The number of rotatable bonds is 14. The van der Waals surface area contributed by atoms with E-state index in [1.54, 1.807) is 6.07 Å². The highest BCUT2D eigenvalue weighted by molar-refractivity contribution is 9.10. The lowest BCUT2D eigenvalue weighted by molar-refractivity contribution is -0.138. The Morgan fingerprint density at radius 2 is 1.52 bits per heavy atom. The molecule has 0 aliphatic heterocycles. The van der Waals surface area contributed by atoms with Gasteiger partial charge in [0.2, 0.25) is 5.91 Å². The molecule has 0 saturated heterocycles. The SMILES string of the molecule is CCCCCCCCCCCCOC(=O)/C=C/C(=O)Nc1ccccc1Br. The first-order valence-electron chi connectivity index (χ1n) is 10.0. The smallest absolute Gasteiger partial charge is 0.330 e. The van der Waals surface area contributed by atoms with Crippen molar-refractivity contribution in [2.75, 3.05) is 11.9 Å². The highest BCUT2D eigenvalue weighted by atomic mass is 79.9. The minimum atomic E-state index is -0.479. The molecule has 0 saturated carbocycles. The highest BCUT2D eigenvalue weighted by Crippen LogP contribution is 2.20. The molecule has 0 unspecified atom stereocenters. The van der Waals surface area contributed by atoms with Gasteiger partial charge >= 0.3 is 5.97 Å². The topological polar surface area (TPSA) is 55.4 Å². The van der Waals surface area contributed by atoms with Crippen LogP contribution in [0.1, 0.15) is 71.1 Å². The average Bonchev–Trinajstić information content (AvgIpc) is 2.66. The number of halogens is 1. The van der Waals surface area contributed by atoms with E-state index in [2.05, 4.69) is 28.2 Å². The van der Waals surface area contributed by atoms with Crippen molar-refractivity contribution >= 4 is 33.5 Å². The molecular formula is C22H32BrNO3. The van der Waals surface area contributed by atoms with Crippen LogP contribution in [0.4, 0.5) is 5.69 Å². The first-order chi connectivity index (χ1) is 13.1. The summed E-state index contributed by atoms with van der Waals surface area (Å²) in [7, 11) is 0. The summed E-state index contributed by atoms with van der Waals surface area (Å²) >= 11 is 3.35. The molecule has 0 spiro atoms. The molecule has 4 nitrogen and oxygen atoms in total. The van der Waals surface area contributed by atoms with Crippen molar-refractivity contribution < 1.29 is 14.3 Å². The Hall–Kier alpha value is -1.62. The number of esters is 1. The molecule has 0 aromatic heterocycles. The van der Waals surface area contributed by atoms with E-state index in [-0.39, 0.29) is 5.91 Å². The Morgan fingerprint density at radius 3 is 2.15 bits per heavy atom. The molecule has 1 rings (SSSR count). The number of anilines is 1. The minimum Gasteiger partial charge on any atom is -0.463 e. The van der Waals surface area contributed by atoms with E-state index >= 15 is 0 Å². The van der Waals surface area contributed by atoms with E-state index in [9.17, 15) is 9.59 Å². The number of ether oxygens (including phenoxy) is 1. The summed E-state index contributed by atoms with van der Waals surface area (Å²) in [5.41, 5.74) is 0.658. The van der Waals surface area contributed by atoms with Crippen LogP contribution in [0.15, 0.2) is 40.9 Å². The second-order valence-corrected chi connectivity index (χ2v) is 7.51. The van der Waals surface area contributed by atoms with Crippen LogP contribution in [0.5, 0.6) is 0 Å². The summed E-state index contributed by atoms with van der Waals surface area (Å²) in [5.74, 6) is -0.842. The van der Waals surface area contributed by atoms with Crippen molar-refractivity contribution in [2.45, 2.75) is 71.1 Å². The van der Waals surface area contributed by atoms with Crippen LogP contribution >= 0.6 is 15.9 Å². The summed E-state index contributed by atoms with van der Waals surface area (Å²) in [6, 6.07) is 7.30. The van der Waals surface area contributed by atoms with E-state index in [1.807, 2.05) is 18.2 Å². The van der Waals surface area contributed by atoms with Gasteiger partial charge in [-0.25, -0.2) is 4.79 Å². The van der Waals surface area contributed by atoms with Gasteiger partial charge in [0.1, 0.15) is 0 Å². The van der Waals surface area contributed by atoms with E-state index in [1.165, 1.54) is 63.5 Å². The molecular weight excluding hydrogens is 406 g/mol. The molecule has 150 valence electrons. The van der Waals surface area contributed by atoms with Gasteiger partial charge in [0.15, 0.2) is 0 Å². The van der Waals surface area contributed by atoms with Crippen molar-refractivity contribution in [3.05, 3.63) is 40.9 Å². The maximum atomic E-state index is 11.8. The number of carbonyl (C=O) groups is 2. The fraction of sp³-hybridized carbons (Fsp3) is 0.545. The van der Waals surface area contributed by atoms with E-state index in [4.69, 9.17) is 4.74 Å². The van der Waals surface area contributed by atoms with Crippen molar-refractivity contribution in [3.8, 4) is 0 Å². The zero-order chi connectivity index (χ0) is 19.7. The number of amides is 1. The van der Waals surface area contributed by atoms with Crippen molar-refractivity contribution in [1.29, 1.82) is 0 Å². The number of hydrogen-bond donors (Lipinski definition) is 1. The third kappa shape index (κ3) is 12.4. The van der Waals surface area contributed by atoms with Gasteiger partial charge in [-0.05, 0) is 34.5 Å². The fourth-order valence-corrected chi connectivity index (χ4v) is 3.07. The van der Waals surface area contributed by atoms with Crippen LogP contribution in [0.3, 0.4) is 0 Å². The van der Waals surface area contributed by atoms with Gasteiger partial charge in [-0.15, -0.1) is 0 Å². The second kappa shape index (κ2) is 15.4. The van der Waals surface area contributed by atoms with Crippen LogP contribution in [0.2, 0.25) is 0 Å². The number of nitrogens with one attached hydrogen (secondary N) is 1. The predicted molar refractivity (Wildman–Crippen MR) is 115 cm³/mol. The van der Waals surface area contributed by atoms with Crippen LogP contribution < -0.4 is 5.32 Å². The Morgan fingerprint density at radius 1 is 0.926 bits per heavy atom. The first-order valence-corrected chi connectivity index (χ1v) is 10.8. The molecule has 1 amide bonds. The van der Waals surface area contributed by atoms with Crippen molar-refractivity contribution in [2.24, 2.45) is 0 Å². The number of unbranched alkanes of at least 4 members (excludes halogenated alkanes) is 9. The van der Waals surface area contributed by atoms with E-state index in [0.29, 0.717) is 12.3 Å². The maximum Gasteiger partial charge on any atom is 0.330 e. The molecule has 5 heteroatoms. The molecule has 0 radical (unpaired) electrons. The Labute approximate surface area is 171 Å². The molecule has 0 atom stereocenters. The molecule has 27 heavy (non-hydrogen) atoms. The summed E-state index contributed by atoms with van der Waals surface area (Å²) < 4.78 is 5.91. The van der Waals surface area contributed by atoms with Gasteiger partial charge in [0.25, 0.3) is 0 Å². The van der Waals surface area contributed by atoms with Crippen molar-refractivity contribution in [3.63, 3.8) is 0 Å². The maximum absolute atomic E-state index is 11.8. The number of carbonyl (C=O) groups excluding carboxylic acids is 2. The van der Waals surface area contributed by atoms with Crippen LogP contribution in [-0.2, 0) is 14.3 Å². The first kappa shape index (κ1) is 23.4. The third-order valence-corrected chi connectivity index (χ3v) is 4.94. The molecule has 0 aliphatic rings. The third-order valence-electron chi connectivity index (χ3n) is 4.24. The largest absolute Gasteiger partial charge is 0.463 e. The lowest BCUT2D eigenvalue weighted by Crippen LogP contribution is -2.10. The lowest BCUT2D eigenvalue weighted by Gasteiger charge is -2.04. The molecule has 1 aromatic rings. The Balaban J connectivity index is 2.03. The van der Waals surface area contributed by atoms with Gasteiger partial charge in [0.05, 0.1) is 12.3 Å². The number of para-hydroxylation sites is 1. The van der Waals surface area contributed by atoms with Crippen LogP contribution in [0, 0.1) is 0 Å². The quantitative estimate of drug-likeness (QED) is 0.208. The number of benzene rings is 1. The molecule has 1 N–H and O–H groups in total. The summed E-state index contributed by atoms with van der Waals surface area (Å²) in [5, 5.41) is 2.70.